The lowest BCUT2D eigenvalue weighted by Gasteiger charge is -2.05. The normalized spacial score (nSPS) is 9.50. The molecule has 0 saturated heterocycles. The van der Waals surface area contributed by atoms with Crippen molar-refractivity contribution in [3.8, 4) is 0 Å². The van der Waals surface area contributed by atoms with Crippen molar-refractivity contribution in [2.75, 3.05) is 5.43 Å². The van der Waals surface area contributed by atoms with Crippen LogP contribution in [0.25, 0.3) is 0 Å². The number of anilines is 1. The number of rotatable bonds is 3. The second-order valence-corrected chi connectivity index (χ2v) is 2.52. The van der Waals surface area contributed by atoms with Gasteiger partial charge in [-0.25, -0.2) is 9.59 Å². The van der Waals surface area contributed by atoms with Crippen molar-refractivity contribution in [1.29, 1.82) is 0 Å². The summed E-state index contributed by atoms with van der Waals surface area (Å²) in [5.74, 6) is 2.63. The molecule has 6 heteroatoms. The lowest BCUT2D eigenvalue weighted by Crippen LogP contribution is -2.12. The Morgan fingerprint density at radius 3 is 2.29 bits per heavy atom. The third-order valence-electron chi connectivity index (χ3n) is 1.65. The van der Waals surface area contributed by atoms with Crippen molar-refractivity contribution in [2.24, 2.45) is 5.84 Å². The number of nitrogens with two attached hydrogens (primary N) is 1. The molecule has 0 aliphatic rings. The van der Waals surface area contributed by atoms with Gasteiger partial charge in [-0.1, -0.05) is 0 Å². The number of carboxylic acid groups (broad SMARTS) is 2. The minimum Gasteiger partial charge on any atom is -0.478 e. The van der Waals surface area contributed by atoms with E-state index >= 15 is 0 Å². The zero-order valence-electron chi connectivity index (χ0n) is 7.02. The Kier molecular flexibility index (Phi) is 2.68. The Bertz CT molecular complexity index is 389. The summed E-state index contributed by atoms with van der Waals surface area (Å²) >= 11 is 0. The summed E-state index contributed by atoms with van der Waals surface area (Å²) in [4.78, 5) is 21.2. The van der Waals surface area contributed by atoms with E-state index in [2.05, 4.69) is 5.43 Å². The summed E-state index contributed by atoms with van der Waals surface area (Å²) in [5, 5.41) is 17.3. The van der Waals surface area contributed by atoms with Crippen LogP contribution in [-0.2, 0) is 0 Å². The molecule has 0 aliphatic carbocycles. The van der Waals surface area contributed by atoms with Crippen LogP contribution >= 0.6 is 0 Å². The average Bonchev–Trinajstić information content (AvgIpc) is 2.16. The number of aromatic carboxylic acids is 2. The van der Waals surface area contributed by atoms with E-state index < -0.39 is 11.9 Å². The Hall–Kier alpha value is -2.08. The molecule has 0 radical (unpaired) electrons. The molecule has 6 nitrogen and oxygen atoms in total. The van der Waals surface area contributed by atoms with Crippen molar-refractivity contribution < 1.29 is 19.8 Å². The summed E-state index contributed by atoms with van der Waals surface area (Å²) < 4.78 is 0. The van der Waals surface area contributed by atoms with E-state index in [1.807, 2.05) is 0 Å². The van der Waals surface area contributed by atoms with E-state index in [1.165, 1.54) is 12.1 Å². The summed E-state index contributed by atoms with van der Waals surface area (Å²) in [6.07, 6.45) is 0. The second kappa shape index (κ2) is 3.75. The molecule has 0 aromatic heterocycles. The number of carbonyl (C=O) groups is 2. The number of hydrogen-bond donors (Lipinski definition) is 4. The maximum Gasteiger partial charge on any atom is 0.337 e. The first-order valence-electron chi connectivity index (χ1n) is 3.63. The predicted molar refractivity (Wildman–Crippen MR) is 48.2 cm³/mol. The molecule has 1 aromatic carbocycles. The molecule has 0 heterocycles. The van der Waals surface area contributed by atoms with Crippen LogP contribution in [0.15, 0.2) is 18.2 Å². The van der Waals surface area contributed by atoms with Gasteiger partial charge in [0.25, 0.3) is 0 Å². The molecule has 74 valence electrons. The largest absolute Gasteiger partial charge is 0.478 e. The van der Waals surface area contributed by atoms with E-state index in [-0.39, 0.29) is 16.8 Å². The minimum atomic E-state index is -1.24. The Morgan fingerprint density at radius 2 is 1.86 bits per heavy atom. The number of nitrogen functional groups attached to an aromatic ring is 1. The fraction of sp³-hybridized carbons (Fsp3) is 0. The standard InChI is InChI=1S/C8H8N2O4/c9-10-6-2-1-4(7(11)12)3-5(6)8(13)14/h1-3,10H,9H2,(H,11,12)(H,13,14). The lowest BCUT2D eigenvalue weighted by atomic mass is 10.1. The van der Waals surface area contributed by atoms with Crippen molar-refractivity contribution in [1.82, 2.24) is 0 Å². The third kappa shape index (κ3) is 1.80. The second-order valence-electron chi connectivity index (χ2n) is 2.52. The van der Waals surface area contributed by atoms with E-state index in [1.54, 1.807) is 0 Å². The minimum absolute atomic E-state index is 0.0959. The molecule has 0 fully saturated rings. The van der Waals surface area contributed by atoms with Gasteiger partial charge in [-0.15, -0.1) is 0 Å². The first-order valence-corrected chi connectivity index (χ1v) is 3.63. The topological polar surface area (TPSA) is 113 Å². The van der Waals surface area contributed by atoms with Crippen LogP contribution < -0.4 is 11.3 Å². The number of benzene rings is 1. The molecule has 0 bridgehead atoms. The molecule has 0 spiro atoms. The highest BCUT2D eigenvalue weighted by Crippen LogP contribution is 2.16. The summed E-state index contributed by atoms with van der Waals surface area (Å²) in [7, 11) is 0. The summed E-state index contributed by atoms with van der Waals surface area (Å²) in [5.41, 5.74) is 2.07. The number of carboxylic acids is 2. The van der Waals surface area contributed by atoms with Gasteiger partial charge < -0.3 is 15.6 Å². The van der Waals surface area contributed by atoms with Gasteiger partial charge in [-0.2, -0.15) is 0 Å². The maximum atomic E-state index is 10.7. The monoisotopic (exact) mass is 196 g/mol. The first kappa shape index (κ1) is 10.0. The SMILES string of the molecule is NNc1ccc(C(=O)O)cc1C(=O)O. The molecule has 0 amide bonds. The van der Waals surface area contributed by atoms with E-state index in [4.69, 9.17) is 16.1 Å². The highest BCUT2D eigenvalue weighted by molar-refractivity contribution is 5.98. The van der Waals surface area contributed by atoms with Gasteiger partial charge in [0, 0.05) is 0 Å². The van der Waals surface area contributed by atoms with Crippen molar-refractivity contribution in [3.05, 3.63) is 29.3 Å². The first-order chi connectivity index (χ1) is 6.56. The van der Waals surface area contributed by atoms with Gasteiger partial charge in [0.2, 0.25) is 0 Å². The van der Waals surface area contributed by atoms with E-state index in [0.29, 0.717) is 0 Å². The van der Waals surface area contributed by atoms with Crippen molar-refractivity contribution in [2.45, 2.75) is 0 Å². The van der Waals surface area contributed by atoms with Gasteiger partial charge in [-0.3, -0.25) is 5.84 Å². The molecule has 0 unspecified atom stereocenters. The van der Waals surface area contributed by atoms with Crippen LogP contribution in [0.5, 0.6) is 0 Å². The van der Waals surface area contributed by atoms with Gasteiger partial charge in [0.05, 0.1) is 16.8 Å². The maximum absolute atomic E-state index is 10.7. The highest BCUT2D eigenvalue weighted by Gasteiger charge is 2.12. The average molecular weight is 196 g/mol. The van der Waals surface area contributed by atoms with E-state index in [9.17, 15) is 9.59 Å². The Balaban J connectivity index is 3.27. The molecular weight excluding hydrogens is 188 g/mol. The molecule has 0 aliphatic heterocycles. The fourth-order valence-corrected chi connectivity index (χ4v) is 0.980. The zero-order valence-corrected chi connectivity index (χ0v) is 7.02. The fourth-order valence-electron chi connectivity index (χ4n) is 0.980. The molecule has 0 atom stereocenters. The van der Waals surface area contributed by atoms with Crippen molar-refractivity contribution in [3.63, 3.8) is 0 Å². The molecule has 0 saturated carbocycles. The third-order valence-corrected chi connectivity index (χ3v) is 1.65. The van der Waals surface area contributed by atoms with Crippen LogP contribution in [0, 0.1) is 0 Å². The zero-order chi connectivity index (χ0) is 10.7. The van der Waals surface area contributed by atoms with Gasteiger partial charge >= 0.3 is 11.9 Å². The molecule has 14 heavy (non-hydrogen) atoms. The lowest BCUT2D eigenvalue weighted by molar-refractivity contribution is 0.0696. The molecule has 1 rings (SSSR count). The Morgan fingerprint density at radius 1 is 1.21 bits per heavy atom. The molecule has 5 N–H and O–H groups in total. The highest BCUT2D eigenvalue weighted by atomic mass is 16.4. The molecule has 1 aromatic rings. The smallest absolute Gasteiger partial charge is 0.337 e. The number of nitrogens with one attached hydrogen (secondary N) is 1. The van der Waals surface area contributed by atoms with Gasteiger partial charge in [-0.05, 0) is 18.2 Å². The van der Waals surface area contributed by atoms with Gasteiger partial charge in [0.15, 0.2) is 0 Å². The van der Waals surface area contributed by atoms with E-state index in [0.717, 1.165) is 6.07 Å². The van der Waals surface area contributed by atoms with Crippen LogP contribution in [0.3, 0.4) is 0 Å². The number of hydrogen-bond acceptors (Lipinski definition) is 4. The number of hydrazine groups is 1. The quantitative estimate of drug-likeness (QED) is 0.410. The van der Waals surface area contributed by atoms with Crippen LogP contribution in [0.2, 0.25) is 0 Å². The summed E-state index contributed by atoms with van der Waals surface area (Å²) in [6, 6.07) is 3.61. The predicted octanol–water partition coefficient (Wildman–Crippen LogP) is 0.369. The Labute approximate surface area is 78.9 Å². The van der Waals surface area contributed by atoms with Crippen LogP contribution in [0.1, 0.15) is 20.7 Å². The van der Waals surface area contributed by atoms with Gasteiger partial charge in [0.1, 0.15) is 0 Å². The van der Waals surface area contributed by atoms with Crippen molar-refractivity contribution >= 4 is 17.6 Å². The van der Waals surface area contributed by atoms with Crippen LogP contribution in [-0.4, -0.2) is 22.2 Å². The molecular formula is C8H8N2O4. The summed E-state index contributed by atoms with van der Waals surface area (Å²) in [6.45, 7) is 0. The van der Waals surface area contributed by atoms with Crippen LogP contribution in [0.4, 0.5) is 5.69 Å².